The number of rotatable bonds is 2. The van der Waals surface area contributed by atoms with Gasteiger partial charge in [-0.3, -0.25) is 14.5 Å². The van der Waals surface area contributed by atoms with Gasteiger partial charge in [0.25, 0.3) is 11.8 Å². The molecule has 0 unspecified atom stereocenters. The van der Waals surface area contributed by atoms with E-state index >= 15 is 0 Å². The summed E-state index contributed by atoms with van der Waals surface area (Å²) in [6.07, 6.45) is 0. The average Bonchev–Trinajstić information content (AvgIpc) is 2.51. The van der Waals surface area contributed by atoms with Crippen molar-refractivity contribution < 1.29 is 9.59 Å². The van der Waals surface area contributed by atoms with Crippen LogP contribution in [-0.2, 0) is 0 Å². The lowest BCUT2D eigenvalue weighted by Gasteiger charge is -2.09. The maximum absolute atomic E-state index is 11.9. The summed E-state index contributed by atoms with van der Waals surface area (Å²) in [6, 6.07) is 5.25. The molecule has 0 radical (unpaired) electrons. The Balaban J connectivity index is 2.62. The lowest BCUT2D eigenvalue weighted by Crippen LogP contribution is -2.29. The predicted octanol–water partition coefficient (Wildman–Crippen LogP) is 1.34. The van der Waals surface area contributed by atoms with Crippen molar-refractivity contribution in [1.82, 2.24) is 4.90 Å². The molecule has 0 bridgehead atoms. The maximum Gasteiger partial charge on any atom is 0.263 e. The molecule has 1 N–H and O–H groups in total. The van der Waals surface area contributed by atoms with E-state index in [0.29, 0.717) is 23.4 Å². The lowest BCUT2D eigenvalue weighted by atomic mass is 10.1. The number of anilines is 1. The van der Waals surface area contributed by atoms with E-state index in [-0.39, 0.29) is 11.8 Å². The van der Waals surface area contributed by atoms with Gasteiger partial charge < -0.3 is 5.32 Å². The fraction of sp³-hybridized carbons (Fsp3) is 0.273. The molecule has 2 rings (SSSR count). The SMILES string of the molecule is CCN1C(=O)c2cccc(NC)c2C1=O. The molecular formula is C11H12N2O2. The summed E-state index contributed by atoms with van der Waals surface area (Å²) in [6.45, 7) is 2.20. The Bertz CT molecular complexity index is 440. The highest BCUT2D eigenvalue weighted by Crippen LogP contribution is 2.28. The Morgan fingerprint density at radius 2 is 2.00 bits per heavy atom. The van der Waals surface area contributed by atoms with Gasteiger partial charge >= 0.3 is 0 Å². The third kappa shape index (κ3) is 1.21. The molecule has 0 spiro atoms. The van der Waals surface area contributed by atoms with Crippen LogP contribution in [0.3, 0.4) is 0 Å². The van der Waals surface area contributed by atoms with Gasteiger partial charge in [0.1, 0.15) is 0 Å². The van der Waals surface area contributed by atoms with E-state index in [2.05, 4.69) is 5.32 Å². The van der Waals surface area contributed by atoms with Crippen molar-refractivity contribution >= 4 is 17.5 Å². The third-order valence-corrected chi connectivity index (χ3v) is 2.58. The van der Waals surface area contributed by atoms with E-state index in [4.69, 9.17) is 0 Å². The number of carbonyl (C=O) groups is 2. The molecule has 4 nitrogen and oxygen atoms in total. The number of nitrogens with zero attached hydrogens (tertiary/aromatic N) is 1. The van der Waals surface area contributed by atoms with Crippen molar-refractivity contribution in [3.8, 4) is 0 Å². The van der Waals surface area contributed by atoms with E-state index in [1.54, 1.807) is 32.2 Å². The number of hydrogen-bond acceptors (Lipinski definition) is 3. The molecule has 2 amide bonds. The summed E-state index contributed by atoms with van der Waals surface area (Å²) in [5.74, 6) is -0.406. The average molecular weight is 204 g/mol. The van der Waals surface area contributed by atoms with Gasteiger partial charge in [-0.25, -0.2) is 0 Å². The second-order valence-corrected chi connectivity index (χ2v) is 3.33. The molecule has 1 aliphatic rings. The summed E-state index contributed by atoms with van der Waals surface area (Å²) < 4.78 is 0. The van der Waals surface area contributed by atoms with Gasteiger partial charge in [-0.05, 0) is 19.1 Å². The number of amides is 2. The zero-order valence-corrected chi connectivity index (χ0v) is 8.70. The largest absolute Gasteiger partial charge is 0.387 e. The van der Waals surface area contributed by atoms with Crippen LogP contribution in [-0.4, -0.2) is 30.3 Å². The van der Waals surface area contributed by atoms with Gasteiger partial charge in [0.2, 0.25) is 0 Å². The molecule has 0 aliphatic carbocycles. The fourth-order valence-electron chi connectivity index (χ4n) is 1.83. The van der Waals surface area contributed by atoms with Crippen molar-refractivity contribution in [3.05, 3.63) is 29.3 Å². The standard InChI is InChI=1S/C11H12N2O2/c1-3-13-10(14)7-5-4-6-8(12-2)9(7)11(13)15/h4-6,12H,3H2,1-2H3. The molecule has 1 aromatic carbocycles. The van der Waals surface area contributed by atoms with Crippen LogP contribution in [0.4, 0.5) is 5.69 Å². The van der Waals surface area contributed by atoms with Gasteiger partial charge in [0, 0.05) is 19.3 Å². The van der Waals surface area contributed by atoms with Crippen molar-refractivity contribution in [2.45, 2.75) is 6.92 Å². The molecule has 15 heavy (non-hydrogen) atoms. The molecule has 1 aliphatic heterocycles. The van der Waals surface area contributed by atoms with E-state index in [1.807, 2.05) is 0 Å². The Hall–Kier alpha value is -1.84. The Kier molecular flexibility index (Phi) is 2.19. The molecular weight excluding hydrogens is 192 g/mol. The molecule has 0 fully saturated rings. The smallest absolute Gasteiger partial charge is 0.263 e. The summed E-state index contributed by atoms with van der Waals surface area (Å²) in [5, 5.41) is 2.92. The van der Waals surface area contributed by atoms with E-state index in [1.165, 1.54) is 4.90 Å². The number of imide groups is 1. The fourth-order valence-corrected chi connectivity index (χ4v) is 1.83. The summed E-state index contributed by atoms with van der Waals surface area (Å²) in [4.78, 5) is 24.9. The first-order chi connectivity index (χ1) is 7.20. The summed E-state index contributed by atoms with van der Waals surface area (Å²) >= 11 is 0. The second kappa shape index (κ2) is 3.38. The predicted molar refractivity (Wildman–Crippen MR) is 57.0 cm³/mol. The Labute approximate surface area is 87.9 Å². The minimum Gasteiger partial charge on any atom is -0.387 e. The topological polar surface area (TPSA) is 49.4 Å². The van der Waals surface area contributed by atoms with Gasteiger partial charge in [-0.1, -0.05) is 6.07 Å². The van der Waals surface area contributed by atoms with Crippen molar-refractivity contribution in [2.75, 3.05) is 18.9 Å². The molecule has 0 aromatic heterocycles. The monoisotopic (exact) mass is 204 g/mol. The Morgan fingerprint density at radius 1 is 1.27 bits per heavy atom. The van der Waals surface area contributed by atoms with E-state index < -0.39 is 0 Å². The molecule has 1 heterocycles. The normalized spacial score (nSPS) is 14.4. The molecule has 78 valence electrons. The summed E-state index contributed by atoms with van der Waals surface area (Å²) in [7, 11) is 1.74. The number of hydrogen-bond donors (Lipinski definition) is 1. The highest BCUT2D eigenvalue weighted by molar-refractivity contribution is 6.23. The first kappa shape index (κ1) is 9.71. The minimum atomic E-state index is -0.206. The Morgan fingerprint density at radius 3 is 2.60 bits per heavy atom. The van der Waals surface area contributed by atoms with Crippen molar-refractivity contribution in [2.24, 2.45) is 0 Å². The maximum atomic E-state index is 11.9. The van der Waals surface area contributed by atoms with Crippen LogP contribution in [0.25, 0.3) is 0 Å². The van der Waals surface area contributed by atoms with E-state index in [0.717, 1.165) is 0 Å². The van der Waals surface area contributed by atoms with Gasteiger partial charge in [0.15, 0.2) is 0 Å². The molecule has 4 heteroatoms. The van der Waals surface area contributed by atoms with E-state index in [9.17, 15) is 9.59 Å². The number of fused-ring (bicyclic) bond motifs is 1. The van der Waals surface area contributed by atoms with Crippen molar-refractivity contribution in [1.29, 1.82) is 0 Å². The van der Waals surface area contributed by atoms with Crippen LogP contribution < -0.4 is 5.32 Å². The van der Waals surface area contributed by atoms with Gasteiger partial charge in [0.05, 0.1) is 11.1 Å². The van der Waals surface area contributed by atoms with Crippen LogP contribution in [0, 0.1) is 0 Å². The zero-order chi connectivity index (χ0) is 11.0. The molecule has 0 saturated heterocycles. The first-order valence-electron chi connectivity index (χ1n) is 4.87. The summed E-state index contributed by atoms with van der Waals surface area (Å²) in [5.41, 5.74) is 1.70. The first-order valence-corrected chi connectivity index (χ1v) is 4.87. The van der Waals surface area contributed by atoms with Crippen LogP contribution >= 0.6 is 0 Å². The highest BCUT2D eigenvalue weighted by atomic mass is 16.2. The lowest BCUT2D eigenvalue weighted by molar-refractivity contribution is 0.0663. The van der Waals surface area contributed by atoms with Crippen LogP contribution in [0.2, 0.25) is 0 Å². The molecule has 0 saturated carbocycles. The highest BCUT2D eigenvalue weighted by Gasteiger charge is 2.35. The minimum absolute atomic E-state index is 0.199. The third-order valence-electron chi connectivity index (χ3n) is 2.58. The van der Waals surface area contributed by atoms with Crippen LogP contribution in [0.1, 0.15) is 27.6 Å². The number of carbonyl (C=O) groups excluding carboxylic acids is 2. The van der Waals surface area contributed by atoms with Crippen LogP contribution in [0.5, 0.6) is 0 Å². The molecule has 1 aromatic rings. The molecule has 0 atom stereocenters. The van der Waals surface area contributed by atoms with Gasteiger partial charge in [-0.2, -0.15) is 0 Å². The number of nitrogens with one attached hydrogen (secondary N) is 1. The number of benzene rings is 1. The van der Waals surface area contributed by atoms with Gasteiger partial charge in [-0.15, -0.1) is 0 Å². The van der Waals surface area contributed by atoms with Crippen LogP contribution in [0.15, 0.2) is 18.2 Å². The second-order valence-electron chi connectivity index (χ2n) is 3.33. The zero-order valence-electron chi connectivity index (χ0n) is 8.70. The quantitative estimate of drug-likeness (QED) is 0.740. The van der Waals surface area contributed by atoms with Crippen molar-refractivity contribution in [3.63, 3.8) is 0 Å².